The first-order valence-corrected chi connectivity index (χ1v) is 6.31. The molecule has 0 aromatic heterocycles. The van der Waals surface area contributed by atoms with Crippen LogP contribution in [-0.4, -0.2) is 23.9 Å². The molecule has 2 rings (SSSR count). The highest BCUT2D eigenvalue weighted by molar-refractivity contribution is 5.79. The summed E-state index contributed by atoms with van der Waals surface area (Å²) in [4.78, 5) is 14.1. The molecular formula is C14H20N2O. The van der Waals surface area contributed by atoms with Crippen molar-refractivity contribution in [3.63, 3.8) is 0 Å². The average Bonchev–Trinajstić information content (AvgIpc) is 3.09. The third-order valence-corrected chi connectivity index (χ3v) is 3.22. The Labute approximate surface area is 103 Å². The van der Waals surface area contributed by atoms with Crippen LogP contribution in [0.3, 0.4) is 0 Å². The molecule has 0 atom stereocenters. The maximum Gasteiger partial charge on any atom is 0.226 e. The minimum absolute atomic E-state index is 0.213. The molecule has 1 saturated carbocycles. The van der Waals surface area contributed by atoms with Crippen molar-refractivity contribution in [1.82, 2.24) is 4.90 Å². The van der Waals surface area contributed by atoms with E-state index in [1.54, 1.807) is 0 Å². The van der Waals surface area contributed by atoms with Crippen LogP contribution >= 0.6 is 0 Å². The van der Waals surface area contributed by atoms with Crippen molar-refractivity contribution in [2.75, 3.05) is 18.8 Å². The quantitative estimate of drug-likeness (QED) is 0.790. The van der Waals surface area contributed by atoms with Crippen molar-refractivity contribution >= 4 is 11.6 Å². The monoisotopic (exact) mass is 232 g/mol. The van der Waals surface area contributed by atoms with E-state index in [2.05, 4.69) is 0 Å². The predicted molar refractivity (Wildman–Crippen MR) is 69.5 cm³/mol. The molecule has 0 bridgehead atoms. The Bertz CT molecular complexity index is 399. The molecule has 0 spiro atoms. The number of anilines is 1. The van der Waals surface area contributed by atoms with Crippen LogP contribution < -0.4 is 5.73 Å². The Morgan fingerprint density at radius 3 is 2.82 bits per heavy atom. The van der Waals surface area contributed by atoms with E-state index in [0.29, 0.717) is 6.42 Å². The molecule has 17 heavy (non-hydrogen) atoms. The van der Waals surface area contributed by atoms with Crippen molar-refractivity contribution in [3.8, 4) is 0 Å². The molecule has 0 heterocycles. The van der Waals surface area contributed by atoms with Crippen molar-refractivity contribution in [2.24, 2.45) is 5.92 Å². The Balaban J connectivity index is 1.94. The van der Waals surface area contributed by atoms with Gasteiger partial charge in [-0.05, 0) is 43.4 Å². The lowest BCUT2D eigenvalue weighted by molar-refractivity contribution is -0.130. The van der Waals surface area contributed by atoms with Gasteiger partial charge >= 0.3 is 0 Å². The summed E-state index contributed by atoms with van der Waals surface area (Å²) in [6, 6.07) is 7.58. The molecule has 1 aromatic carbocycles. The van der Waals surface area contributed by atoms with Crippen molar-refractivity contribution in [2.45, 2.75) is 26.2 Å². The largest absolute Gasteiger partial charge is 0.399 e. The molecule has 1 fully saturated rings. The van der Waals surface area contributed by atoms with Gasteiger partial charge in [-0.2, -0.15) is 0 Å². The van der Waals surface area contributed by atoms with Gasteiger partial charge in [0.05, 0.1) is 6.42 Å². The molecule has 0 radical (unpaired) electrons. The first-order valence-electron chi connectivity index (χ1n) is 6.31. The maximum absolute atomic E-state index is 12.1. The number of benzene rings is 1. The fourth-order valence-electron chi connectivity index (χ4n) is 2.01. The second-order valence-electron chi connectivity index (χ2n) is 4.80. The van der Waals surface area contributed by atoms with Gasteiger partial charge in [-0.25, -0.2) is 0 Å². The zero-order chi connectivity index (χ0) is 12.3. The number of hydrogen-bond acceptors (Lipinski definition) is 2. The van der Waals surface area contributed by atoms with E-state index in [0.717, 1.165) is 30.3 Å². The molecule has 92 valence electrons. The number of carbonyl (C=O) groups is 1. The SMILES string of the molecule is CCN(CC1CC1)C(=O)Cc1cccc(N)c1. The molecule has 0 saturated heterocycles. The molecule has 2 N–H and O–H groups in total. The van der Waals surface area contributed by atoms with Crippen LogP contribution in [0.5, 0.6) is 0 Å². The van der Waals surface area contributed by atoms with Gasteiger partial charge < -0.3 is 10.6 Å². The number of nitrogens with two attached hydrogens (primary N) is 1. The summed E-state index contributed by atoms with van der Waals surface area (Å²) in [5.41, 5.74) is 7.44. The third-order valence-electron chi connectivity index (χ3n) is 3.22. The normalized spacial score (nSPS) is 14.6. The van der Waals surface area contributed by atoms with Gasteiger partial charge in [-0.1, -0.05) is 12.1 Å². The van der Waals surface area contributed by atoms with Crippen LogP contribution in [0.2, 0.25) is 0 Å². The summed E-state index contributed by atoms with van der Waals surface area (Å²) in [6.07, 6.45) is 3.02. The zero-order valence-corrected chi connectivity index (χ0v) is 10.4. The van der Waals surface area contributed by atoms with Gasteiger partial charge in [0.15, 0.2) is 0 Å². The van der Waals surface area contributed by atoms with Crippen LogP contribution in [0.1, 0.15) is 25.3 Å². The van der Waals surface area contributed by atoms with Gasteiger partial charge in [0, 0.05) is 18.8 Å². The fraction of sp³-hybridized carbons (Fsp3) is 0.500. The van der Waals surface area contributed by atoms with Gasteiger partial charge in [0.1, 0.15) is 0 Å². The molecule has 3 heteroatoms. The Morgan fingerprint density at radius 2 is 2.24 bits per heavy atom. The summed E-state index contributed by atoms with van der Waals surface area (Å²) < 4.78 is 0. The molecule has 0 unspecified atom stereocenters. The van der Waals surface area contributed by atoms with Crippen molar-refractivity contribution < 1.29 is 4.79 Å². The van der Waals surface area contributed by atoms with Crippen molar-refractivity contribution in [1.29, 1.82) is 0 Å². The van der Waals surface area contributed by atoms with E-state index in [1.807, 2.05) is 36.1 Å². The summed E-state index contributed by atoms with van der Waals surface area (Å²) in [7, 11) is 0. The number of nitrogens with zero attached hydrogens (tertiary/aromatic N) is 1. The van der Waals surface area contributed by atoms with Crippen LogP contribution in [0.15, 0.2) is 24.3 Å². The molecule has 3 nitrogen and oxygen atoms in total. The zero-order valence-electron chi connectivity index (χ0n) is 10.4. The fourth-order valence-corrected chi connectivity index (χ4v) is 2.01. The number of hydrogen-bond donors (Lipinski definition) is 1. The van der Waals surface area contributed by atoms with Gasteiger partial charge in [-0.15, -0.1) is 0 Å². The first-order chi connectivity index (χ1) is 8.19. The smallest absolute Gasteiger partial charge is 0.226 e. The molecule has 0 aliphatic heterocycles. The Kier molecular flexibility index (Phi) is 3.67. The first kappa shape index (κ1) is 12.0. The van der Waals surface area contributed by atoms with E-state index in [1.165, 1.54) is 12.8 Å². The van der Waals surface area contributed by atoms with Gasteiger partial charge in [0.25, 0.3) is 0 Å². The highest BCUT2D eigenvalue weighted by atomic mass is 16.2. The van der Waals surface area contributed by atoms with Crippen molar-refractivity contribution in [3.05, 3.63) is 29.8 Å². The second kappa shape index (κ2) is 5.21. The second-order valence-corrected chi connectivity index (χ2v) is 4.80. The maximum atomic E-state index is 12.1. The minimum atomic E-state index is 0.213. The van der Waals surface area contributed by atoms with Crippen LogP contribution in [-0.2, 0) is 11.2 Å². The summed E-state index contributed by atoms with van der Waals surface area (Å²) in [5.74, 6) is 0.963. The summed E-state index contributed by atoms with van der Waals surface area (Å²) in [5, 5.41) is 0. The number of amides is 1. The van der Waals surface area contributed by atoms with Gasteiger partial charge in [-0.3, -0.25) is 4.79 Å². The van der Waals surface area contributed by atoms with E-state index in [9.17, 15) is 4.79 Å². The predicted octanol–water partition coefficient (Wildman–Crippen LogP) is 2.07. The highest BCUT2D eigenvalue weighted by Gasteiger charge is 2.25. The number of carbonyl (C=O) groups excluding carboxylic acids is 1. The number of rotatable bonds is 5. The minimum Gasteiger partial charge on any atom is -0.399 e. The lowest BCUT2D eigenvalue weighted by Crippen LogP contribution is -2.33. The Hall–Kier alpha value is -1.51. The summed E-state index contributed by atoms with van der Waals surface area (Å²) >= 11 is 0. The lowest BCUT2D eigenvalue weighted by Gasteiger charge is -2.20. The van der Waals surface area contributed by atoms with Gasteiger partial charge in [0.2, 0.25) is 5.91 Å². The van der Waals surface area contributed by atoms with E-state index >= 15 is 0 Å². The van der Waals surface area contributed by atoms with E-state index in [4.69, 9.17) is 5.73 Å². The highest BCUT2D eigenvalue weighted by Crippen LogP contribution is 2.29. The number of nitrogen functional groups attached to an aromatic ring is 1. The lowest BCUT2D eigenvalue weighted by atomic mass is 10.1. The molecule has 1 aromatic rings. The van der Waals surface area contributed by atoms with E-state index in [-0.39, 0.29) is 5.91 Å². The molecule has 1 aliphatic rings. The average molecular weight is 232 g/mol. The third kappa shape index (κ3) is 3.48. The molecule has 1 amide bonds. The molecule has 1 aliphatic carbocycles. The van der Waals surface area contributed by atoms with E-state index < -0.39 is 0 Å². The van der Waals surface area contributed by atoms with Crippen LogP contribution in [0.4, 0.5) is 5.69 Å². The van der Waals surface area contributed by atoms with Crippen LogP contribution in [0, 0.1) is 5.92 Å². The standard InChI is InChI=1S/C14H20N2O/c1-2-16(10-11-6-7-11)14(17)9-12-4-3-5-13(15)8-12/h3-5,8,11H,2,6-7,9-10,15H2,1H3. The van der Waals surface area contributed by atoms with Crippen LogP contribution in [0.25, 0.3) is 0 Å². The number of likely N-dealkylation sites (N-methyl/N-ethyl adjacent to an activating group) is 1. The Morgan fingerprint density at radius 1 is 1.47 bits per heavy atom. The summed E-state index contributed by atoms with van der Waals surface area (Å²) in [6.45, 7) is 3.77. The molecular weight excluding hydrogens is 212 g/mol. The topological polar surface area (TPSA) is 46.3 Å².